The second-order valence-electron chi connectivity index (χ2n) is 22.4. The van der Waals surface area contributed by atoms with Gasteiger partial charge in [0.2, 0.25) is 0 Å². The van der Waals surface area contributed by atoms with E-state index < -0.39 is 0 Å². The summed E-state index contributed by atoms with van der Waals surface area (Å²) in [7, 11) is 0. The summed E-state index contributed by atoms with van der Waals surface area (Å²) in [5.74, 6) is 0. The van der Waals surface area contributed by atoms with E-state index >= 15 is 0 Å². The number of thiophene rings is 3. The van der Waals surface area contributed by atoms with Crippen molar-refractivity contribution in [3.05, 3.63) is 229 Å². The third kappa shape index (κ3) is 6.16. The van der Waals surface area contributed by atoms with Crippen LogP contribution < -0.4 is 0 Å². The van der Waals surface area contributed by atoms with E-state index in [1.165, 1.54) is 129 Å². The number of fused-ring (bicyclic) bond motifs is 19. The minimum Gasteiger partial charge on any atom is -0.242 e. The van der Waals surface area contributed by atoms with Crippen molar-refractivity contribution in [2.45, 2.75) is 38.5 Å². The van der Waals surface area contributed by atoms with Crippen LogP contribution in [0.15, 0.2) is 206 Å². The lowest BCUT2D eigenvalue weighted by Gasteiger charge is -2.22. The lowest BCUT2D eigenvalue weighted by Crippen LogP contribution is -2.14. The molecule has 11 aromatic carbocycles. The zero-order valence-electron chi connectivity index (χ0n) is 42.7. The minimum atomic E-state index is -0.152. The molecule has 77 heavy (non-hydrogen) atoms. The predicted octanol–water partition coefficient (Wildman–Crippen LogP) is 21.2. The van der Waals surface area contributed by atoms with Gasteiger partial charge in [0.05, 0.1) is 20.8 Å². The van der Waals surface area contributed by atoms with Gasteiger partial charge in [0.15, 0.2) is 0 Å². The standard InChI is InChI=1S/C72H46N2S3/c1-71(2)57-17-9-5-13-47(57)49-29-25-43(35-59(49)71)69-67-68(70(77-69)44-26-30-50-48-14-6-10-18-58(48)72(3,4)60(50)36-44)74-66-56-34-40(42-24-32-54-52-16-8-12-20-62(52)76-64(54)38-42)22-28-46(56)45-27-21-39(33-55(45)65(66)73-67)41-23-31-53-51-15-7-11-19-61(51)75-63(53)37-41/h5-38H,1-4H3. The van der Waals surface area contributed by atoms with Crippen molar-refractivity contribution >= 4 is 118 Å². The smallest absolute Gasteiger partial charge is 0.109 e. The predicted molar refractivity (Wildman–Crippen MR) is 333 cm³/mol. The highest BCUT2D eigenvalue weighted by Crippen LogP contribution is 2.54. The molecule has 4 heterocycles. The lowest BCUT2D eigenvalue weighted by atomic mass is 9.82. The summed E-state index contributed by atoms with van der Waals surface area (Å²) in [4.78, 5) is 14.3. The zero-order valence-corrected chi connectivity index (χ0v) is 45.2. The van der Waals surface area contributed by atoms with Crippen molar-refractivity contribution in [2.24, 2.45) is 0 Å². The number of hydrogen-bond acceptors (Lipinski definition) is 5. The van der Waals surface area contributed by atoms with Gasteiger partial charge in [-0.15, -0.1) is 34.0 Å². The maximum atomic E-state index is 6.01. The third-order valence-corrected chi connectivity index (χ3v) is 21.0. The van der Waals surface area contributed by atoms with Crippen molar-refractivity contribution in [3.63, 3.8) is 0 Å². The van der Waals surface area contributed by atoms with Crippen LogP contribution in [-0.4, -0.2) is 9.97 Å². The summed E-state index contributed by atoms with van der Waals surface area (Å²) in [5, 5.41) is 9.80. The fourth-order valence-electron chi connectivity index (χ4n) is 13.5. The van der Waals surface area contributed by atoms with Gasteiger partial charge in [0, 0.05) is 61.9 Å². The first kappa shape index (κ1) is 43.9. The van der Waals surface area contributed by atoms with Crippen LogP contribution >= 0.6 is 34.0 Å². The van der Waals surface area contributed by atoms with Crippen molar-refractivity contribution in [1.29, 1.82) is 0 Å². The second-order valence-corrected chi connectivity index (χ2v) is 25.6. The largest absolute Gasteiger partial charge is 0.242 e. The Morgan fingerprint density at radius 2 is 0.623 bits per heavy atom. The molecule has 0 radical (unpaired) electrons. The van der Waals surface area contributed by atoms with Gasteiger partial charge in [-0.3, -0.25) is 0 Å². The molecule has 2 nitrogen and oxygen atoms in total. The Morgan fingerprint density at radius 3 is 1.09 bits per heavy atom. The van der Waals surface area contributed by atoms with Gasteiger partial charge in [-0.2, -0.15) is 0 Å². The topological polar surface area (TPSA) is 25.8 Å². The highest BCUT2D eigenvalue weighted by atomic mass is 32.1. The van der Waals surface area contributed by atoms with Gasteiger partial charge in [0.25, 0.3) is 0 Å². The Bertz CT molecular complexity index is 4800. The number of hydrogen-bond donors (Lipinski definition) is 0. The molecule has 0 aliphatic heterocycles. The maximum absolute atomic E-state index is 6.01. The molecule has 15 aromatic rings. The van der Waals surface area contributed by atoms with E-state index in [9.17, 15) is 0 Å². The van der Waals surface area contributed by atoms with Crippen LogP contribution in [0, 0.1) is 0 Å². The summed E-state index contributed by atoms with van der Waals surface area (Å²) in [6.45, 7) is 9.50. The van der Waals surface area contributed by atoms with E-state index in [1.807, 2.05) is 34.0 Å². The van der Waals surface area contributed by atoms with Crippen LogP contribution in [0.2, 0.25) is 0 Å². The van der Waals surface area contributed by atoms with Crippen molar-refractivity contribution in [3.8, 4) is 65.4 Å². The van der Waals surface area contributed by atoms with E-state index in [4.69, 9.17) is 9.97 Å². The van der Waals surface area contributed by atoms with Crippen molar-refractivity contribution in [2.75, 3.05) is 0 Å². The average Bonchev–Trinajstić information content (AvgIpc) is 4.40. The van der Waals surface area contributed by atoms with Gasteiger partial charge in [-0.25, -0.2) is 9.97 Å². The Balaban J connectivity index is 0.945. The number of nitrogens with zero attached hydrogens (tertiary/aromatic N) is 2. The van der Waals surface area contributed by atoms with E-state index in [0.29, 0.717) is 0 Å². The quantitative estimate of drug-likeness (QED) is 0.164. The van der Waals surface area contributed by atoms with Crippen LogP contribution in [0.5, 0.6) is 0 Å². The fourth-order valence-corrected chi connectivity index (χ4v) is 17.0. The molecule has 0 spiro atoms. The molecule has 0 unspecified atom stereocenters. The van der Waals surface area contributed by atoms with Crippen LogP contribution in [0.25, 0.3) is 149 Å². The minimum absolute atomic E-state index is 0.152. The first-order chi connectivity index (χ1) is 37.6. The van der Waals surface area contributed by atoms with Gasteiger partial charge >= 0.3 is 0 Å². The monoisotopic (exact) mass is 1030 g/mol. The second kappa shape index (κ2) is 15.6. The summed E-state index contributed by atoms with van der Waals surface area (Å²) in [6, 6.07) is 77.7. The zero-order chi connectivity index (χ0) is 51.1. The molecule has 0 amide bonds. The fraction of sp³-hybridized carbons (Fsp3) is 0.0833. The van der Waals surface area contributed by atoms with Crippen molar-refractivity contribution < 1.29 is 0 Å². The molecular formula is C72H46N2S3. The average molecular weight is 1040 g/mol. The molecule has 0 saturated heterocycles. The summed E-state index contributed by atoms with van der Waals surface area (Å²) >= 11 is 5.58. The number of aromatic nitrogens is 2. The van der Waals surface area contributed by atoms with Crippen LogP contribution in [0.4, 0.5) is 0 Å². The van der Waals surface area contributed by atoms with Gasteiger partial charge < -0.3 is 0 Å². The SMILES string of the molecule is CC1(C)c2ccccc2-c2ccc(-c3sc(-c4ccc5c(c4)C(C)(C)c4ccccc4-5)c4nc5c6cc(-c7ccc8c(c7)sc7ccccc78)ccc6c6ccc(-c7ccc8c(c7)sc7ccccc78)cc6c5nc34)cc21. The lowest BCUT2D eigenvalue weighted by molar-refractivity contribution is 0.660. The van der Waals surface area contributed by atoms with E-state index in [-0.39, 0.29) is 10.8 Å². The van der Waals surface area contributed by atoms with Crippen LogP contribution in [0.1, 0.15) is 49.9 Å². The molecule has 0 bridgehead atoms. The third-order valence-electron chi connectivity index (χ3n) is 17.5. The summed E-state index contributed by atoms with van der Waals surface area (Å²) in [5.41, 5.74) is 21.2. The molecule has 2 aliphatic carbocycles. The normalized spacial score (nSPS) is 14.2. The van der Waals surface area contributed by atoms with E-state index in [1.54, 1.807) is 0 Å². The van der Waals surface area contributed by atoms with Gasteiger partial charge in [-0.05, 0) is 137 Å². The molecule has 2 aliphatic rings. The molecule has 4 aromatic heterocycles. The Labute approximate surface area is 457 Å². The van der Waals surface area contributed by atoms with Crippen LogP contribution in [-0.2, 0) is 10.8 Å². The highest BCUT2D eigenvalue weighted by molar-refractivity contribution is 7.26. The number of benzene rings is 11. The first-order valence-electron chi connectivity index (χ1n) is 26.6. The summed E-state index contributed by atoms with van der Waals surface area (Å²) in [6.07, 6.45) is 0. The summed E-state index contributed by atoms with van der Waals surface area (Å²) < 4.78 is 5.22. The number of rotatable bonds is 4. The van der Waals surface area contributed by atoms with Crippen LogP contribution in [0.3, 0.4) is 0 Å². The Kier molecular flexibility index (Phi) is 8.92. The molecule has 0 saturated carbocycles. The first-order valence-corrected chi connectivity index (χ1v) is 29.1. The molecule has 17 rings (SSSR count). The molecular weight excluding hydrogens is 989 g/mol. The molecule has 362 valence electrons. The molecule has 0 N–H and O–H groups in total. The van der Waals surface area contributed by atoms with Gasteiger partial charge in [0.1, 0.15) is 11.0 Å². The van der Waals surface area contributed by atoms with Gasteiger partial charge in [-0.1, -0.05) is 185 Å². The Morgan fingerprint density at radius 1 is 0.260 bits per heavy atom. The molecule has 0 fully saturated rings. The highest BCUT2D eigenvalue weighted by Gasteiger charge is 2.37. The van der Waals surface area contributed by atoms with E-state index in [2.05, 4.69) is 234 Å². The van der Waals surface area contributed by atoms with Crippen molar-refractivity contribution in [1.82, 2.24) is 9.97 Å². The maximum Gasteiger partial charge on any atom is 0.109 e. The molecule has 0 atom stereocenters. The van der Waals surface area contributed by atoms with E-state index in [0.717, 1.165) is 42.6 Å². The Hall–Kier alpha value is -8.32. The molecule has 5 heteroatoms.